The minimum Gasteiger partial charge on any atom is -0.335 e. The number of rotatable bonds is 11. The molecule has 2 nitrogen and oxygen atoms in total. The summed E-state index contributed by atoms with van der Waals surface area (Å²) in [5.74, 6) is 0. The lowest BCUT2D eigenvalue weighted by atomic mass is 10.0. The molecule has 0 radical (unpaired) electrons. The minimum absolute atomic E-state index is 0.924. The highest BCUT2D eigenvalue weighted by molar-refractivity contribution is 8.03. The van der Waals surface area contributed by atoms with E-state index in [0.717, 1.165) is 32.4 Å². The molecule has 0 fully saturated rings. The maximum Gasteiger partial charge on any atom is 0.263 e. The number of thiazole rings is 1. The largest absolute Gasteiger partial charge is 0.335 e. The van der Waals surface area contributed by atoms with Gasteiger partial charge in [0.1, 0.15) is 4.70 Å². The van der Waals surface area contributed by atoms with Gasteiger partial charge in [0.15, 0.2) is 6.54 Å². The van der Waals surface area contributed by atoms with E-state index in [2.05, 4.69) is 186 Å². The van der Waals surface area contributed by atoms with Crippen molar-refractivity contribution in [1.29, 1.82) is 0 Å². The molecule has 250 valence electrons. The molecule has 0 saturated heterocycles. The van der Waals surface area contributed by atoms with E-state index in [9.17, 15) is 0 Å². The van der Waals surface area contributed by atoms with E-state index in [4.69, 9.17) is 0 Å². The number of aromatic nitrogens is 1. The zero-order chi connectivity index (χ0) is 34.4. The van der Waals surface area contributed by atoms with Gasteiger partial charge in [0.05, 0.1) is 10.7 Å². The van der Waals surface area contributed by atoms with Crippen molar-refractivity contribution in [3.05, 3.63) is 191 Å². The number of aryl methyl sites for hydroxylation is 2. The van der Waals surface area contributed by atoms with Crippen molar-refractivity contribution in [1.82, 2.24) is 0 Å². The van der Waals surface area contributed by atoms with E-state index in [0.29, 0.717) is 0 Å². The summed E-state index contributed by atoms with van der Waals surface area (Å²) in [5.41, 5.74) is 11.7. The highest BCUT2D eigenvalue weighted by Crippen LogP contribution is 2.48. The Morgan fingerprint density at radius 1 is 0.627 bits per heavy atom. The summed E-state index contributed by atoms with van der Waals surface area (Å²) in [4.78, 5) is 3.86. The van der Waals surface area contributed by atoms with Gasteiger partial charge in [-0.25, -0.2) is 0 Å². The van der Waals surface area contributed by atoms with Crippen LogP contribution in [0.2, 0.25) is 0 Å². The van der Waals surface area contributed by atoms with Crippen LogP contribution in [0.3, 0.4) is 0 Å². The van der Waals surface area contributed by atoms with Crippen LogP contribution in [-0.2, 0) is 19.4 Å². The summed E-state index contributed by atoms with van der Waals surface area (Å²) < 4.78 is 3.86. The van der Waals surface area contributed by atoms with E-state index in [1.54, 1.807) is 0 Å². The molecule has 1 aliphatic rings. The molecular formula is C47H41N2S2+. The van der Waals surface area contributed by atoms with E-state index >= 15 is 0 Å². The second kappa shape index (κ2) is 15.4. The third-order valence-corrected chi connectivity index (χ3v) is 11.9. The number of fused-ring (bicyclic) bond motifs is 2. The number of allylic oxidation sites excluding steroid dienone is 2. The molecule has 0 unspecified atom stereocenters. The van der Waals surface area contributed by atoms with Gasteiger partial charge in [0, 0.05) is 30.0 Å². The van der Waals surface area contributed by atoms with E-state index in [1.807, 2.05) is 23.1 Å². The lowest BCUT2D eigenvalue weighted by Crippen LogP contribution is -2.36. The summed E-state index contributed by atoms with van der Waals surface area (Å²) in [6, 6.07) is 57.1. The van der Waals surface area contributed by atoms with E-state index in [1.165, 1.54) is 69.8 Å². The average molecular weight is 698 g/mol. The van der Waals surface area contributed by atoms with Crippen LogP contribution in [0, 0.1) is 0 Å². The van der Waals surface area contributed by atoms with Gasteiger partial charge in [-0.2, -0.15) is 4.57 Å². The van der Waals surface area contributed by atoms with Crippen LogP contribution in [0.25, 0.3) is 38.5 Å². The van der Waals surface area contributed by atoms with Crippen molar-refractivity contribution < 1.29 is 4.57 Å². The van der Waals surface area contributed by atoms with Crippen LogP contribution in [0.1, 0.15) is 29.5 Å². The second-order valence-corrected chi connectivity index (χ2v) is 15.1. The molecular weight excluding hydrogens is 657 g/mol. The van der Waals surface area contributed by atoms with Crippen LogP contribution >= 0.6 is 23.1 Å². The highest BCUT2D eigenvalue weighted by Gasteiger charge is 2.26. The lowest BCUT2D eigenvalue weighted by molar-refractivity contribution is -0.668. The van der Waals surface area contributed by atoms with Crippen molar-refractivity contribution in [3.63, 3.8) is 0 Å². The molecule has 0 bridgehead atoms. The van der Waals surface area contributed by atoms with Crippen LogP contribution in [0.15, 0.2) is 179 Å². The molecule has 0 amide bonds. The van der Waals surface area contributed by atoms with Crippen molar-refractivity contribution >= 4 is 45.1 Å². The summed E-state index contributed by atoms with van der Waals surface area (Å²) in [7, 11) is 0. The van der Waals surface area contributed by atoms with Gasteiger partial charge in [-0.3, -0.25) is 0 Å². The first-order chi connectivity index (χ1) is 25.2. The molecule has 1 aromatic heterocycles. The van der Waals surface area contributed by atoms with Crippen LogP contribution < -0.4 is 9.47 Å². The quantitative estimate of drug-likeness (QED) is 0.124. The van der Waals surface area contributed by atoms with Crippen LogP contribution in [0.5, 0.6) is 0 Å². The third kappa shape index (κ3) is 7.49. The number of hydrogen-bond donors (Lipinski definition) is 0. The first kappa shape index (κ1) is 33.0. The van der Waals surface area contributed by atoms with Crippen molar-refractivity contribution in [2.75, 3.05) is 11.4 Å². The fourth-order valence-electron chi connectivity index (χ4n) is 6.83. The molecule has 51 heavy (non-hydrogen) atoms. The number of benzene rings is 6. The van der Waals surface area contributed by atoms with Gasteiger partial charge < -0.3 is 4.90 Å². The molecule has 4 heteroatoms. The summed E-state index contributed by atoms with van der Waals surface area (Å²) in [6.45, 7) is 4.13. The Kier molecular flexibility index (Phi) is 9.96. The zero-order valence-corrected chi connectivity index (χ0v) is 30.5. The van der Waals surface area contributed by atoms with Gasteiger partial charge in [0.25, 0.3) is 5.01 Å². The second-order valence-electron chi connectivity index (χ2n) is 13.0. The molecule has 0 N–H and O–H groups in total. The standard InChI is InChI=1S/C47H41N2S2/c1-2-35(31-46-48(29-27-36-15-7-3-8-16-36)42-33-40(23-25-44(42)50-46)38-19-11-5-12-20-38)32-47-49(30-28-37-17-9-4-10-18-37)43-34-41(24-26-45(43)51-47)39-21-13-6-14-22-39/h3-26,31-34H,2,27-30H2,1H3/q+1. The molecule has 0 atom stereocenters. The molecule has 7 aromatic rings. The SMILES string of the molecule is CCC(=Cc1sc2ccc(-c3ccccc3)cc2[n+]1CCc1ccccc1)C=C1Sc2ccc(-c3ccccc3)cc2N1CCc1ccccc1. The molecule has 8 rings (SSSR count). The molecule has 6 aromatic carbocycles. The lowest BCUT2D eigenvalue weighted by Gasteiger charge is -2.21. The first-order valence-corrected chi connectivity index (χ1v) is 19.5. The highest BCUT2D eigenvalue weighted by atomic mass is 32.2. The Balaban J connectivity index is 1.18. The Morgan fingerprint density at radius 3 is 1.86 bits per heavy atom. The summed E-state index contributed by atoms with van der Waals surface area (Å²) in [6.07, 6.45) is 7.81. The molecule has 0 saturated carbocycles. The van der Waals surface area contributed by atoms with Crippen molar-refractivity contribution in [3.8, 4) is 22.3 Å². The van der Waals surface area contributed by atoms with E-state index < -0.39 is 0 Å². The topological polar surface area (TPSA) is 7.12 Å². The maximum absolute atomic E-state index is 2.55. The number of nitrogens with zero attached hydrogens (tertiary/aromatic N) is 2. The number of hydrogen-bond acceptors (Lipinski definition) is 3. The third-order valence-electron chi connectivity index (χ3n) is 9.63. The summed E-state index contributed by atoms with van der Waals surface area (Å²) >= 11 is 3.79. The van der Waals surface area contributed by atoms with Gasteiger partial charge in [-0.15, -0.1) is 0 Å². The minimum atomic E-state index is 0.924. The van der Waals surface area contributed by atoms with Gasteiger partial charge in [-0.1, -0.05) is 163 Å². The van der Waals surface area contributed by atoms with E-state index in [-0.39, 0.29) is 0 Å². The Morgan fingerprint density at radius 2 is 1.22 bits per heavy atom. The van der Waals surface area contributed by atoms with Crippen LogP contribution in [0.4, 0.5) is 5.69 Å². The Labute approximate surface area is 310 Å². The first-order valence-electron chi connectivity index (χ1n) is 17.9. The van der Waals surface area contributed by atoms with Crippen LogP contribution in [-0.4, -0.2) is 6.54 Å². The van der Waals surface area contributed by atoms with Gasteiger partial charge >= 0.3 is 0 Å². The Hall–Kier alpha value is -5.16. The molecule has 2 heterocycles. The predicted octanol–water partition coefficient (Wildman–Crippen LogP) is 12.3. The normalized spacial score (nSPS) is 13.6. The molecule has 0 aliphatic carbocycles. The summed E-state index contributed by atoms with van der Waals surface area (Å²) in [5, 5.41) is 2.59. The number of anilines is 1. The number of thioether (sulfide) groups is 1. The molecule has 1 aliphatic heterocycles. The van der Waals surface area contributed by atoms with Crippen molar-refractivity contribution in [2.24, 2.45) is 0 Å². The maximum atomic E-state index is 2.55. The van der Waals surface area contributed by atoms with Crippen molar-refractivity contribution in [2.45, 2.75) is 37.6 Å². The fourth-order valence-corrected chi connectivity index (χ4v) is 9.12. The average Bonchev–Trinajstić information content (AvgIpc) is 3.72. The predicted molar refractivity (Wildman–Crippen MR) is 219 cm³/mol. The monoisotopic (exact) mass is 697 g/mol. The Bertz CT molecular complexity index is 2310. The molecule has 0 spiro atoms. The fraction of sp³-hybridized carbons (Fsp3) is 0.128. The van der Waals surface area contributed by atoms with Gasteiger partial charge in [-0.05, 0) is 76.1 Å². The zero-order valence-electron chi connectivity index (χ0n) is 28.9. The van der Waals surface area contributed by atoms with Gasteiger partial charge in [0.2, 0.25) is 5.52 Å². The smallest absolute Gasteiger partial charge is 0.263 e.